The van der Waals surface area contributed by atoms with E-state index in [0.717, 1.165) is 44.5 Å². The molecule has 1 aromatic carbocycles. The second kappa shape index (κ2) is 9.07. The lowest BCUT2D eigenvalue weighted by atomic mass is 9.95. The minimum atomic E-state index is 0.663. The lowest BCUT2D eigenvalue weighted by Gasteiger charge is -2.35. The lowest BCUT2D eigenvalue weighted by molar-refractivity contribution is 0.0867. The fraction of sp³-hybridized carbons (Fsp3) is 0.591. The Morgan fingerprint density at radius 3 is 2.82 bits per heavy atom. The molecular formula is C22H32N4O2. The molecule has 0 spiro atoms. The highest BCUT2D eigenvalue weighted by atomic mass is 16.5. The van der Waals surface area contributed by atoms with Crippen molar-refractivity contribution in [2.45, 2.75) is 32.0 Å². The topological polar surface area (TPSA) is 42.8 Å². The van der Waals surface area contributed by atoms with Crippen LogP contribution in [0.1, 0.15) is 24.0 Å². The van der Waals surface area contributed by atoms with Gasteiger partial charge in [-0.25, -0.2) is 0 Å². The summed E-state index contributed by atoms with van der Waals surface area (Å²) in [5.41, 5.74) is 2.54. The first-order valence-electron chi connectivity index (χ1n) is 10.3. The van der Waals surface area contributed by atoms with Crippen molar-refractivity contribution < 1.29 is 9.47 Å². The summed E-state index contributed by atoms with van der Waals surface area (Å²) in [6, 6.07) is 9.22. The van der Waals surface area contributed by atoms with E-state index in [0.29, 0.717) is 6.04 Å². The van der Waals surface area contributed by atoms with E-state index in [-0.39, 0.29) is 0 Å². The standard InChI is InChI=1S/C22H32N4O2/c1-27-11-10-25-15-19-4-6-21(25)17-24(14-19)13-18-5-7-22(28-2)20(12-18)16-26-9-3-8-23-26/h3,5,7-9,12,19,21H,4,6,10-11,13-17H2,1-2H3/t19-,21+/m1/s1. The molecule has 2 bridgehead atoms. The van der Waals surface area contributed by atoms with E-state index in [9.17, 15) is 0 Å². The summed E-state index contributed by atoms with van der Waals surface area (Å²) >= 11 is 0. The Bertz CT molecular complexity index is 749. The monoisotopic (exact) mass is 384 g/mol. The molecule has 28 heavy (non-hydrogen) atoms. The van der Waals surface area contributed by atoms with Gasteiger partial charge in [-0.3, -0.25) is 14.5 Å². The normalized spacial score (nSPS) is 23.1. The largest absolute Gasteiger partial charge is 0.496 e. The van der Waals surface area contributed by atoms with E-state index in [1.54, 1.807) is 14.2 Å². The number of fused-ring (bicyclic) bond motifs is 4. The summed E-state index contributed by atoms with van der Waals surface area (Å²) in [5, 5.41) is 4.34. The summed E-state index contributed by atoms with van der Waals surface area (Å²) < 4.78 is 12.8. The highest BCUT2D eigenvalue weighted by Crippen LogP contribution is 2.29. The number of hydrogen-bond acceptors (Lipinski definition) is 5. The SMILES string of the molecule is COCCN1C[C@@H]2CC[C@H]1CN(Cc1ccc(OC)c(Cn3cccn3)c1)C2. The van der Waals surface area contributed by atoms with Crippen molar-refractivity contribution >= 4 is 0 Å². The maximum Gasteiger partial charge on any atom is 0.123 e. The van der Waals surface area contributed by atoms with Gasteiger partial charge in [0.15, 0.2) is 0 Å². The molecule has 6 nitrogen and oxygen atoms in total. The summed E-state index contributed by atoms with van der Waals surface area (Å²) in [6.45, 7) is 7.20. The predicted octanol–water partition coefficient (Wildman–Crippen LogP) is 2.48. The predicted molar refractivity (Wildman–Crippen MR) is 110 cm³/mol. The zero-order valence-corrected chi connectivity index (χ0v) is 17.1. The third kappa shape index (κ3) is 4.57. The van der Waals surface area contributed by atoms with E-state index >= 15 is 0 Å². The smallest absolute Gasteiger partial charge is 0.123 e. The van der Waals surface area contributed by atoms with Gasteiger partial charge in [0.1, 0.15) is 5.75 Å². The van der Waals surface area contributed by atoms with Crippen molar-refractivity contribution in [3.8, 4) is 5.75 Å². The van der Waals surface area contributed by atoms with Crippen LogP contribution in [0.4, 0.5) is 0 Å². The average Bonchev–Trinajstić information content (AvgIpc) is 3.06. The number of methoxy groups -OCH3 is 2. The molecule has 6 heteroatoms. The van der Waals surface area contributed by atoms with Crippen LogP contribution in [0.25, 0.3) is 0 Å². The second-order valence-electron chi connectivity index (χ2n) is 8.13. The number of nitrogens with zero attached hydrogens (tertiary/aromatic N) is 4. The third-order valence-corrected chi connectivity index (χ3v) is 6.13. The van der Waals surface area contributed by atoms with Crippen molar-refractivity contribution in [3.63, 3.8) is 0 Å². The first-order chi connectivity index (χ1) is 13.7. The van der Waals surface area contributed by atoms with Crippen molar-refractivity contribution in [3.05, 3.63) is 47.8 Å². The van der Waals surface area contributed by atoms with E-state index in [1.165, 1.54) is 37.1 Å². The lowest BCUT2D eigenvalue weighted by Crippen LogP contribution is -2.45. The van der Waals surface area contributed by atoms with Crippen molar-refractivity contribution in [1.82, 2.24) is 19.6 Å². The van der Waals surface area contributed by atoms with E-state index < -0.39 is 0 Å². The number of hydrogen-bond donors (Lipinski definition) is 0. The van der Waals surface area contributed by atoms with Gasteiger partial charge in [-0.15, -0.1) is 0 Å². The van der Waals surface area contributed by atoms with E-state index in [2.05, 4.69) is 33.1 Å². The van der Waals surface area contributed by atoms with Crippen molar-refractivity contribution in [2.24, 2.45) is 5.92 Å². The van der Waals surface area contributed by atoms with Crippen LogP contribution < -0.4 is 4.74 Å². The minimum Gasteiger partial charge on any atom is -0.496 e. The highest BCUT2D eigenvalue weighted by Gasteiger charge is 2.34. The Balaban J connectivity index is 1.45. The maximum atomic E-state index is 5.58. The van der Waals surface area contributed by atoms with Gasteiger partial charge in [0.05, 0.1) is 20.3 Å². The van der Waals surface area contributed by atoms with Crippen LogP contribution in [0, 0.1) is 5.92 Å². The van der Waals surface area contributed by atoms with Crippen molar-refractivity contribution in [2.75, 3.05) is 47.0 Å². The van der Waals surface area contributed by atoms with Gasteiger partial charge in [-0.1, -0.05) is 6.07 Å². The molecule has 2 atom stereocenters. The van der Waals surface area contributed by atoms with Crippen LogP contribution in [0.15, 0.2) is 36.7 Å². The Morgan fingerprint density at radius 1 is 1.11 bits per heavy atom. The zero-order valence-electron chi connectivity index (χ0n) is 17.1. The van der Waals surface area contributed by atoms with Crippen LogP contribution in [-0.2, 0) is 17.8 Å². The molecule has 1 aromatic heterocycles. The zero-order chi connectivity index (χ0) is 19.3. The molecule has 0 unspecified atom stereocenters. The quantitative estimate of drug-likeness (QED) is 0.700. The Labute approximate surface area is 168 Å². The maximum absolute atomic E-state index is 5.58. The van der Waals surface area contributed by atoms with E-state index in [1.807, 2.05) is 23.1 Å². The fourth-order valence-electron chi connectivity index (χ4n) is 4.77. The second-order valence-corrected chi connectivity index (χ2v) is 8.13. The summed E-state index contributed by atoms with van der Waals surface area (Å²) in [7, 11) is 3.54. The van der Waals surface area contributed by atoms with Gasteiger partial charge >= 0.3 is 0 Å². The fourth-order valence-corrected chi connectivity index (χ4v) is 4.77. The van der Waals surface area contributed by atoms with Crippen molar-refractivity contribution in [1.29, 1.82) is 0 Å². The van der Waals surface area contributed by atoms with Gasteiger partial charge in [-0.2, -0.15) is 5.10 Å². The molecular weight excluding hydrogens is 352 g/mol. The molecule has 3 aliphatic rings. The molecule has 4 heterocycles. The van der Waals surface area contributed by atoms with Crippen LogP contribution in [0.2, 0.25) is 0 Å². The van der Waals surface area contributed by atoms with Crippen LogP contribution >= 0.6 is 0 Å². The molecule has 0 radical (unpaired) electrons. The molecule has 0 amide bonds. The summed E-state index contributed by atoms with van der Waals surface area (Å²) in [4.78, 5) is 5.30. The van der Waals surface area contributed by atoms with Gasteiger partial charge in [0.25, 0.3) is 0 Å². The first-order valence-corrected chi connectivity index (χ1v) is 10.3. The number of piperidine rings is 1. The van der Waals surface area contributed by atoms with Crippen LogP contribution in [-0.4, -0.2) is 72.6 Å². The molecule has 0 aliphatic carbocycles. The third-order valence-electron chi connectivity index (χ3n) is 6.13. The van der Waals surface area contributed by atoms with Gasteiger partial charge in [0, 0.05) is 63.8 Å². The number of ether oxygens (including phenoxy) is 2. The Hall–Kier alpha value is -1.89. The van der Waals surface area contributed by atoms with Gasteiger partial charge < -0.3 is 9.47 Å². The average molecular weight is 385 g/mol. The number of aromatic nitrogens is 2. The first kappa shape index (κ1) is 19.4. The van der Waals surface area contributed by atoms with Crippen LogP contribution in [0.5, 0.6) is 5.75 Å². The number of benzene rings is 1. The minimum absolute atomic E-state index is 0.663. The molecule has 5 rings (SSSR count). The molecule has 152 valence electrons. The van der Waals surface area contributed by atoms with Gasteiger partial charge in [0.2, 0.25) is 0 Å². The van der Waals surface area contributed by atoms with Crippen LogP contribution in [0.3, 0.4) is 0 Å². The Morgan fingerprint density at radius 2 is 2.04 bits per heavy atom. The molecule has 3 fully saturated rings. The number of rotatable bonds is 8. The Kier molecular flexibility index (Phi) is 6.29. The summed E-state index contributed by atoms with van der Waals surface area (Å²) in [6.07, 6.45) is 6.49. The molecule has 0 N–H and O–H groups in total. The summed E-state index contributed by atoms with van der Waals surface area (Å²) in [5.74, 6) is 1.71. The van der Waals surface area contributed by atoms with E-state index in [4.69, 9.17) is 9.47 Å². The molecule has 3 saturated heterocycles. The molecule has 3 aliphatic heterocycles. The molecule has 0 saturated carbocycles. The highest BCUT2D eigenvalue weighted by molar-refractivity contribution is 5.37. The molecule has 2 aromatic rings. The van der Waals surface area contributed by atoms with Gasteiger partial charge in [-0.05, 0) is 42.5 Å².